The average Bonchev–Trinajstić information content (AvgIpc) is 2.55. The molecule has 0 unspecified atom stereocenters. The summed E-state index contributed by atoms with van der Waals surface area (Å²) in [5, 5.41) is 0. The minimum atomic E-state index is 0.796. The fourth-order valence-electron chi connectivity index (χ4n) is 4.44. The Kier molecular flexibility index (Phi) is 5.36. The van der Waals surface area contributed by atoms with E-state index in [1.165, 1.54) is 57.1 Å². The Balaban J connectivity index is 1.39. The van der Waals surface area contributed by atoms with E-state index in [0.717, 1.165) is 24.3 Å². The van der Waals surface area contributed by atoms with Gasteiger partial charge in [0.2, 0.25) is 0 Å². The van der Waals surface area contributed by atoms with Gasteiger partial charge in [0.05, 0.1) is 0 Å². The third-order valence-corrected chi connectivity index (χ3v) is 5.91. The van der Waals surface area contributed by atoms with E-state index in [1.54, 1.807) is 5.57 Å². The molecule has 0 aliphatic heterocycles. The Bertz CT molecular complexity index is 472. The molecule has 0 amide bonds. The summed E-state index contributed by atoms with van der Waals surface area (Å²) < 4.78 is 0. The monoisotopic (exact) mass is 297 g/mol. The Morgan fingerprint density at radius 2 is 1.82 bits per heavy atom. The fourth-order valence-corrected chi connectivity index (χ4v) is 4.44. The van der Waals surface area contributed by atoms with Crippen molar-refractivity contribution < 1.29 is 0 Å². The van der Waals surface area contributed by atoms with Crippen molar-refractivity contribution in [3.05, 3.63) is 48.0 Å². The first-order valence-electron chi connectivity index (χ1n) is 9.15. The van der Waals surface area contributed by atoms with Gasteiger partial charge < -0.3 is 4.90 Å². The highest BCUT2D eigenvalue weighted by atomic mass is 15.1. The largest absolute Gasteiger partial charge is 0.302 e. The number of rotatable bonds is 6. The van der Waals surface area contributed by atoms with Gasteiger partial charge in [-0.2, -0.15) is 0 Å². The molecule has 120 valence electrons. The van der Waals surface area contributed by atoms with Gasteiger partial charge in [-0.3, -0.25) is 0 Å². The van der Waals surface area contributed by atoms with Crippen molar-refractivity contribution >= 4 is 0 Å². The van der Waals surface area contributed by atoms with Crippen LogP contribution in [0.2, 0.25) is 0 Å². The second kappa shape index (κ2) is 7.46. The molecule has 1 heteroatoms. The molecular formula is C21H31N. The summed E-state index contributed by atoms with van der Waals surface area (Å²) in [6, 6.07) is 10.8. The van der Waals surface area contributed by atoms with Crippen molar-refractivity contribution in [3.63, 3.8) is 0 Å². The quantitative estimate of drug-likeness (QED) is 0.646. The Hall–Kier alpha value is -1.08. The van der Waals surface area contributed by atoms with Gasteiger partial charge in [0.15, 0.2) is 0 Å². The first-order chi connectivity index (χ1) is 10.7. The van der Waals surface area contributed by atoms with Crippen molar-refractivity contribution in [3.8, 4) is 0 Å². The van der Waals surface area contributed by atoms with Gasteiger partial charge in [-0.25, -0.2) is 0 Å². The van der Waals surface area contributed by atoms with Crippen LogP contribution < -0.4 is 0 Å². The number of allylic oxidation sites excluding steroid dienone is 1. The van der Waals surface area contributed by atoms with E-state index in [4.69, 9.17) is 0 Å². The highest BCUT2D eigenvalue weighted by molar-refractivity contribution is 5.18. The summed E-state index contributed by atoms with van der Waals surface area (Å²) in [6.45, 7) is 6.69. The zero-order valence-electron chi connectivity index (χ0n) is 14.1. The Labute approximate surface area is 136 Å². The number of hydrogen-bond donors (Lipinski definition) is 0. The molecule has 0 aromatic heterocycles. The summed E-state index contributed by atoms with van der Waals surface area (Å²) in [4.78, 5) is 2.45. The molecule has 0 N–H and O–H groups in total. The van der Waals surface area contributed by atoms with Crippen LogP contribution >= 0.6 is 0 Å². The lowest BCUT2D eigenvalue weighted by molar-refractivity contribution is 0.162. The maximum atomic E-state index is 4.44. The van der Waals surface area contributed by atoms with E-state index in [2.05, 4.69) is 48.9 Å². The molecule has 22 heavy (non-hydrogen) atoms. The van der Waals surface area contributed by atoms with Gasteiger partial charge in [-0.05, 0) is 62.6 Å². The minimum Gasteiger partial charge on any atom is -0.302 e. The predicted molar refractivity (Wildman–Crippen MR) is 94.7 cm³/mol. The number of hydrogen-bond acceptors (Lipinski definition) is 1. The van der Waals surface area contributed by atoms with Crippen molar-refractivity contribution in [2.45, 2.75) is 51.5 Å². The maximum absolute atomic E-state index is 4.44. The lowest BCUT2D eigenvalue weighted by atomic mass is 9.61. The predicted octanol–water partition coefficient (Wildman–Crippen LogP) is 5.28. The first-order valence-corrected chi connectivity index (χ1v) is 9.15. The summed E-state index contributed by atoms with van der Waals surface area (Å²) in [5.41, 5.74) is 3.00. The van der Waals surface area contributed by atoms with Crippen LogP contribution in [0.5, 0.6) is 0 Å². The maximum Gasteiger partial charge on any atom is 0.0230 e. The van der Waals surface area contributed by atoms with Gasteiger partial charge in [0, 0.05) is 6.54 Å². The van der Waals surface area contributed by atoms with E-state index in [-0.39, 0.29) is 0 Å². The van der Waals surface area contributed by atoms with Crippen LogP contribution in [0.1, 0.15) is 50.5 Å². The van der Waals surface area contributed by atoms with Gasteiger partial charge in [-0.15, -0.1) is 0 Å². The number of benzene rings is 1. The van der Waals surface area contributed by atoms with Gasteiger partial charge in [0.1, 0.15) is 0 Å². The summed E-state index contributed by atoms with van der Waals surface area (Å²) >= 11 is 0. The van der Waals surface area contributed by atoms with Gasteiger partial charge in [-0.1, -0.05) is 61.7 Å². The van der Waals surface area contributed by atoms with Crippen molar-refractivity contribution in [1.29, 1.82) is 0 Å². The molecule has 0 radical (unpaired) electrons. The highest BCUT2D eigenvalue weighted by Gasteiger charge is 2.38. The van der Waals surface area contributed by atoms with Crippen LogP contribution in [0.3, 0.4) is 0 Å². The zero-order chi connectivity index (χ0) is 15.4. The van der Waals surface area contributed by atoms with E-state index in [9.17, 15) is 0 Å². The Morgan fingerprint density at radius 1 is 1.09 bits per heavy atom. The molecule has 2 atom stereocenters. The molecule has 2 saturated carbocycles. The lowest BCUT2D eigenvalue weighted by Gasteiger charge is -2.45. The number of nitrogens with zero attached hydrogens (tertiary/aromatic N) is 1. The van der Waals surface area contributed by atoms with E-state index < -0.39 is 0 Å². The van der Waals surface area contributed by atoms with Crippen LogP contribution in [0.25, 0.3) is 0 Å². The SMILES string of the molecule is C=C1[C@H](CCN(C)Cc2ccccc2)C[C@H]1C1CCCCC1. The smallest absolute Gasteiger partial charge is 0.0230 e. The normalized spacial score (nSPS) is 26.2. The summed E-state index contributed by atoms with van der Waals surface area (Å²) in [6.07, 6.45) is 10.0. The molecule has 2 aliphatic rings. The highest BCUT2D eigenvalue weighted by Crippen LogP contribution is 2.49. The molecule has 3 rings (SSSR count). The summed E-state index contributed by atoms with van der Waals surface area (Å²) in [5.74, 6) is 2.63. The van der Waals surface area contributed by atoms with Gasteiger partial charge >= 0.3 is 0 Å². The zero-order valence-corrected chi connectivity index (χ0v) is 14.1. The molecule has 1 aromatic carbocycles. The van der Waals surface area contributed by atoms with E-state index in [0.29, 0.717) is 0 Å². The second-order valence-electron chi connectivity index (χ2n) is 7.52. The third-order valence-electron chi connectivity index (χ3n) is 5.91. The molecule has 0 heterocycles. The standard InChI is InChI=1S/C21H31N/c1-17-20(15-21(17)19-11-7-4-8-12-19)13-14-22(2)16-18-9-5-3-6-10-18/h3,5-6,9-10,19-21H,1,4,7-8,11-16H2,2H3/t20-,21-/m1/s1. The topological polar surface area (TPSA) is 3.24 Å². The molecule has 2 aliphatic carbocycles. The van der Waals surface area contributed by atoms with Gasteiger partial charge in [0.25, 0.3) is 0 Å². The molecule has 0 spiro atoms. The molecule has 1 nitrogen and oxygen atoms in total. The van der Waals surface area contributed by atoms with Crippen LogP contribution in [-0.2, 0) is 6.54 Å². The van der Waals surface area contributed by atoms with Crippen molar-refractivity contribution in [1.82, 2.24) is 4.90 Å². The second-order valence-corrected chi connectivity index (χ2v) is 7.52. The van der Waals surface area contributed by atoms with Crippen LogP contribution in [-0.4, -0.2) is 18.5 Å². The molecule has 1 aromatic rings. The third kappa shape index (κ3) is 3.81. The van der Waals surface area contributed by atoms with E-state index >= 15 is 0 Å². The Morgan fingerprint density at radius 3 is 2.50 bits per heavy atom. The lowest BCUT2D eigenvalue weighted by Crippen LogP contribution is -2.35. The molecule has 0 bridgehead atoms. The van der Waals surface area contributed by atoms with Crippen LogP contribution in [0.4, 0.5) is 0 Å². The summed E-state index contributed by atoms with van der Waals surface area (Å²) in [7, 11) is 2.24. The molecule has 0 saturated heterocycles. The minimum absolute atomic E-state index is 0.796. The average molecular weight is 297 g/mol. The fraction of sp³-hybridized carbons (Fsp3) is 0.619. The molecule has 2 fully saturated rings. The van der Waals surface area contributed by atoms with Crippen molar-refractivity contribution in [2.75, 3.05) is 13.6 Å². The van der Waals surface area contributed by atoms with Crippen LogP contribution in [0, 0.1) is 17.8 Å². The van der Waals surface area contributed by atoms with E-state index in [1.807, 2.05) is 0 Å². The van der Waals surface area contributed by atoms with Crippen LogP contribution in [0.15, 0.2) is 42.5 Å². The van der Waals surface area contributed by atoms with Crippen molar-refractivity contribution in [2.24, 2.45) is 17.8 Å². The first kappa shape index (κ1) is 15.8. The molecular weight excluding hydrogens is 266 g/mol.